The highest BCUT2D eigenvalue weighted by Gasteiger charge is 2.20. The van der Waals surface area contributed by atoms with Crippen LogP contribution in [0.25, 0.3) is 5.82 Å². The molecule has 0 amide bonds. The van der Waals surface area contributed by atoms with Crippen molar-refractivity contribution in [2.24, 2.45) is 0 Å². The molecule has 3 aromatic rings. The van der Waals surface area contributed by atoms with Crippen LogP contribution in [0.4, 0.5) is 11.8 Å². The minimum atomic E-state index is 0.546. The SMILES string of the molecule is Clc1cnc(N2CCN(c3ccc(-n4cccn4)nn3)CC2)nc1. The fourth-order valence-corrected chi connectivity index (χ4v) is 2.72. The number of anilines is 2. The summed E-state index contributed by atoms with van der Waals surface area (Å²) in [6, 6.07) is 5.75. The molecule has 0 unspecified atom stereocenters. The average molecular weight is 343 g/mol. The van der Waals surface area contributed by atoms with E-state index in [1.165, 1.54) is 0 Å². The number of nitrogens with zero attached hydrogens (tertiary/aromatic N) is 8. The Labute approximate surface area is 143 Å². The number of piperazine rings is 1. The number of rotatable bonds is 3. The summed E-state index contributed by atoms with van der Waals surface area (Å²) in [7, 11) is 0. The van der Waals surface area contributed by atoms with Crippen LogP contribution >= 0.6 is 11.6 Å². The predicted molar refractivity (Wildman–Crippen MR) is 90.6 cm³/mol. The van der Waals surface area contributed by atoms with Crippen molar-refractivity contribution in [3.63, 3.8) is 0 Å². The Hall–Kier alpha value is -2.74. The third kappa shape index (κ3) is 3.00. The van der Waals surface area contributed by atoms with Gasteiger partial charge in [0.25, 0.3) is 0 Å². The maximum absolute atomic E-state index is 5.83. The van der Waals surface area contributed by atoms with Gasteiger partial charge in [-0.2, -0.15) is 5.10 Å². The van der Waals surface area contributed by atoms with E-state index in [9.17, 15) is 0 Å². The summed E-state index contributed by atoms with van der Waals surface area (Å²) < 4.78 is 1.69. The highest BCUT2D eigenvalue weighted by Crippen LogP contribution is 2.17. The second-order valence-corrected chi connectivity index (χ2v) is 5.81. The van der Waals surface area contributed by atoms with Crippen LogP contribution in [-0.2, 0) is 0 Å². The average Bonchev–Trinajstić information content (AvgIpc) is 3.17. The molecule has 0 atom stereocenters. The van der Waals surface area contributed by atoms with Gasteiger partial charge in [-0.1, -0.05) is 11.6 Å². The van der Waals surface area contributed by atoms with Gasteiger partial charge in [0.05, 0.1) is 17.4 Å². The molecule has 9 heteroatoms. The van der Waals surface area contributed by atoms with E-state index in [-0.39, 0.29) is 0 Å². The minimum Gasteiger partial charge on any atom is -0.352 e. The number of halogens is 1. The van der Waals surface area contributed by atoms with E-state index in [4.69, 9.17) is 11.6 Å². The first-order chi connectivity index (χ1) is 11.8. The van der Waals surface area contributed by atoms with Crippen molar-refractivity contribution >= 4 is 23.4 Å². The quantitative estimate of drug-likeness (QED) is 0.712. The van der Waals surface area contributed by atoms with Crippen LogP contribution in [0.3, 0.4) is 0 Å². The van der Waals surface area contributed by atoms with Crippen LogP contribution in [0.5, 0.6) is 0 Å². The molecular weight excluding hydrogens is 328 g/mol. The Kier molecular flexibility index (Phi) is 3.96. The van der Waals surface area contributed by atoms with E-state index in [1.807, 2.05) is 24.4 Å². The van der Waals surface area contributed by atoms with E-state index >= 15 is 0 Å². The van der Waals surface area contributed by atoms with Gasteiger partial charge in [0.1, 0.15) is 0 Å². The van der Waals surface area contributed by atoms with Crippen LogP contribution in [0.15, 0.2) is 43.0 Å². The van der Waals surface area contributed by atoms with E-state index in [0.717, 1.165) is 32.0 Å². The van der Waals surface area contributed by atoms with E-state index < -0.39 is 0 Å². The van der Waals surface area contributed by atoms with Crippen LogP contribution in [0.2, 0.25) is 5.02 Å². The van der Waals surface area contributed by atoms with Gasteiger partial charge in [-0.05, 0) is 18.2 Å². The fourth-order valence-electron chi connectivity index (χ4n) is 2.62. The van der Waals surface area contributed by atoms with Crippen molar-refractivity contribution in [2.75, 3.05) is 36.0 Å². The van der Waals surface area contributed by atoms with Crippen LogP contribution in [0, 0.1) is 0 Å². The third-order valence-electron chi connectivity index (χ3n) is 3.87. The third-order valence-corrected chi connectivity index (χ3v) is 4.06. The summed E-state index contributed by atoms with van der Waals surface area (Å²) in [6.45, 7) is 3.32. The Morgan fingerprint density at radius 1 is 0.875 bits per heavy atom. The van der Waals surface area contributed by atoms with Gasteiger partial charge < -0.3 is 9.80 Å². The van der Waals surface area contributed by atoms with Gasteiger partial charge in [-0.15, -0.1) is 10.2 Å². The van der Waals surface area contributed by atoms with Gasteiger partial charge in [0.15, 0.2) is 11.6 Å². The maximum Gasteiger partial charge on any atom is 0.225 e. The monoisotopic (exact) mass is 342 g/mol. The first-order valence-corrected chi connectivity index (χ1v) is 7.98. The molecule has 0 aromatic carbocycles. The van der Waals surface area contributed by atoms with Gasteiger partial charge in [-0.3, -0.25) is 0 Å². The van der Waals surface area contributed by atoms with E-state index in [2.05, 4.69) is 35.1 Å². The standard InChI is InChI=1S/C15H15ClN8/c16-12-10-17-15(18-11-12)23-8-6-22(7-9-23)13-2-3-14(21-20-13)24-5-1-4-19-24/h1-5,10-11H,6-9H2. The maximum atomic E-state index is 5.83. The highest BCUT2D eigenvalue weighted by molar-refractivity contribution is 6.30. The van der Waals surface area contributed by atoms with Crippen molar-refractivity contribution in [1.82, 2.24) is 29.9 Å². The Balaban J connectivity index is 1.41. The molecule has 0 radical (unpaired) electrons. The summed E-state index contributed by atoms with van der Waals surface area (Å²) in [6.07, 6.45) is 6.80. The largest absolute Gasteiger partial charge is 0.352 e. The lowest BCUT2D eigenvalue weighted by Crippen LogP contribution is -2.47. The fraction of sp³-hybridized carbons (Fsp3) is 0.267. The van der Waals surface area contributed by atoms with Gasteiger partial charge in [-0.25, -0.2) is 14.6 Å². The molecule has 24 heavy (non-hydrogen) atoms. The van der Waals surface area contributed by atoms with E-state index in [0.29, 0.717) is 16.8 Å². The Morgan fingerprint density at radius 2 is 1.54 bits per heavy atom. The van der Waals surface area contributed by atoms with Crippen molar-refractivity contribution in [2.45, 2.75) is 0 Å². The van der Waals surface area contributed by atoms with Gasteiger partial charge in [0.2, 0.25) is 5.95 Å². The Bertz CT molecular complexity index is 779. The summed E-state index contributed by atoms with van der Waals surface area (Å²) in [5, 5.41) is 13.2. The molecule has 4 heterocycles. The number of aromatic nitrogens is 6. The normalized spacial score (nSPS) is 14.9. The van der Waals surface area contributed by atoms with Crippen LogP contribution in [0.1, 0.15) is 0 Å². The molecule has 1 aliphatic heterocycles. The molecule has 1 saturated heterocycles. The summed E-state index contributed by atoms with van der Waals surface area (Å²) in [5.41, 5.74) is 0. The molecule has 3 aromatic heterocycles. The number of hydrogen-bond donors (Lipinski definition) is 0. The first kappa shape index (κ1) is 14.8. The van der Waals surface area contributed by atoms with Gasteiger partial charge in [0, 0.05) is 38.6 Å². The van der Waals surface area contributed by atoms with Crippen molar-refractivity contribution in [3.05, 3.63) is 48.0 Å². The lowest BCUT2D eigenvalue weighted by atomic mass is 10.3. The van der Waals surface area contributed by atoms with Crippen molar-refractivity contribution < 1.29 is 0 Å². The molecule has 4 rings (SSSR count). The molecule has 1 aliphatic rings. The summed E-state index contributed by atoms with van der Waals surface area (Å²) in [5.74, 6) is 2.28. The zero-order valence-corrected chi connectivity index (χ0v) is 13.6. The second kappa shape index (κ2) is 6.40. The molecule has 0 bridgehead atoms. The number of hydrogen-bond acceptors (Lipinski definition) is 7. The highest BCUT2D eigenvalue weighted by atomic mass is 35.5. The van der Waals surface area contributed by atoms with Crippen molar-refractivity contribution in [3.8, 4) is 5.82 Å². The topological polar surface area (TPSA) is 75.9 Å². The summed E-state index contributed by atoms with van der Waals surface area (Å²) >= 11 is 5.83. The van der Waals surface area contributed by atoms with Crippen LogP contribution < -0.4 is 9.80 Å². The molecule has 0 aliphatic carbocycles. The second-order valence-electron chi connectivity index (χ2n) is 5.38. The molecule has 0 spiro atoms. The molecule has 0 saturated carbocycles. The zero-order chi connectivity index (χ0) is 16.4. The smallest absolute Gasteiger partial charge is 0.225 e. The zero-order valence-electron chi connectivity index (χ0n) is 12.8. The van der Waals surface area contributed by atoms with Gasteiger partial charge >= 0.3 is 0 Å². The molecule has 122 valence electrons. The first-order valence-electron chi connectivity index (χ1n) is 7.61. The molecule has 8 nitrogen and oxygen atoms in total. The summed E-state index contributed by atoms with van der Waals surface area (Å²) in [4.78, 5) is 12.9. The molecule has 0 N–H and O–H groups in total. The lowest BCUT2D eigenvalue weighted by Gasteiger charge is -2.35. The minimum absolute atomic E-state index is 0.546. The van der Waals surface area contributed by atoms with Crippen molar-refractivity contribution in [1.29, 1.82) is 0 Å². The molecular formula is C15H15ClN8. The molecule has 1 fully saturated rings. The van der Waals surface area contributed by atoms with E-state index in [1.54, 1.807) is 23.3 Å². The lowest BCUT2D eigenvalue weighted by molar-refractivity contribution is 0.630. The Morgan fingerprint density at radius 3 is 2.17 bits per heavy atom. The predicted octanol–water partition coefficient (Wildman–Crippen LogP) is 1.43. The van der Waals surface area contributed by atoms with Crippen LogP contribution in [-0.4, -0.2) is 56.1 Å².